The van der Waals surface area contributed by atoms with Crippen LogP contribution in [0.5, 0.6) is 11.5 Å². The van der Waals surface area contributed by atoms with E-state index in [1.807, 2.05) is 18.2 Å². The predicted octanol–water partition coefficient (Wildman–Crippen LogP) is 3.36. The van der Waals surface area contributed by atoms with Crippen LogP contribution in [0.25, 0.3) is 0 Å². The SMILES string of the molecule is c1cc(Oc2ccc3c(c2)CCC3)ccn1. The summed E-state index contributed by atoms with van der Waals surface area (Å²) in [6, 6.07) is 10.1. The van der Waals surface area contributed by atoms with Gasteiger partial charge in [0.1, 0.15) is 11.5 Å². The molecule has 1 aliphatic rings. The summed E-state index contributed by atoms with van der Waals surface area (Å²) in [6.07, 6.45) is 7.15. The standard InChI is InChI=1S/C14H13NO/c1-2-11-4-5-14(10-12(11)3-1)16-13-6-8-15-9-7-13/h4-10H,1-3H2. The molecule has 0 saturated heterocycles. The van der Waals surface area contributed by atoms with Crippen molar-refractivity contribution in [3.8, 4) is 11.5 Å². The highest BCUT2D eigenvalue weighted by atomic mass is 16.5. The number of nitrogens with zero attached hydrogens (tertiary/aromatic N) is 1. The van der Waals surface area contributed by atoms with Gasteiger partial charge in [-0.1, -0.05) is 6.07 Å². The van der Waals surface area contributed by atoms with Crippen molar-refractivity contribution < 1.29 is 4.74 Å². The van der Waals surface area contributed by atoms with E-state index >= 15 is 0 Å². The van der Waals surface area contributed by atoms with Gasteiger partial charge in [-0.3, -0.25) is 4.98 Å². The van der Waals surface area contributed by atoms with Crippen molar-refractivity contribution in [2.45, 2.75) is 19.3 Å². The third-order valence-electron chi connectivity index (χ3n) is 2.96. The summed E-state index contributed by atoms with van der Waals surface area (Å²) in [7, 11) is 0. The smallest absolute Gasteiger partial charge is 0.130 e. The number of aryl methyl sites for hydroxylation is 2. The number of aromatic nitrogens is 1. The zero-order valence-corrected chi connectivity index (χ0v) is 9.02. The van der Waals surface area contributed by atoms with Crippen molar-refractivity contribution >= 4 is 0 Å². The molecule has 80 valence electrons. The van der Waals surface area contributed by atoms with Crippen LogP contribution in [-0.2, 0) is 12.8 Å². The summed E-state index contributed by atoms with van der Waals surface area (Å²) < 4.78 is 5.76. The molecule has 2 nitrogen and oxygen atoms in total. The Bertz CT molecular complexity index is 493. The summed E-state index contributed by atoms with van der Waals surface area (Å²) in [4.78, 5) is 3.96. The monoisotopic (exact) mass is 211 g/mol. The summed E-state index contributed by atoms with van der Waals surface area (Å²) in [5, 5.41) is 0. The number of hydrogen-bond donors (Lipinski definition) is 0. The molecule has 1 aliphatic carbocycles. The molecule has 16 heavy (non-hydrogen) atoms. The maximum Gasteiger partial charge on any atom is 0.130 e. The van der Waals surface area contributed by atoms with Gasteiger partial charge in [0.05, 0.1) is 0 Å². The van der Waals surface area contributed by atoms with E-state index in [4.69, 9.17) is 4.74 Å². The molecule has 2 heteroatoms. The summed E-state index contributed by atoms with van der Waals surface area (Å²) in [6.45, 7) is 0. The van der Waals surface area contributed by atoms with Gasteiger partial charge in [0.25, 0.3) is 0 Å². The lowest BCUT2D eigenvalue weighted by molar-refractivity contribution is 0.481. The van der Waals surface area contributed by atoms with Crippen molar-refractivity contribution in [1.29, 1.82) is 0 Å². The summed E-state index contributed by atoms with van der Waals surface area (Å²) >= 11 is 0. The van der Waals surface area contributed by atoms with E-state index in [0.717, 1.165) is 11.5 Å². The number of hydrogen-bond acceptors (Lipinski definition) is 2. The molecule has 0 bridgehead atoms. The Kier molecular flexibility index (Phi) is 2.33. The number of pyridine rings is 1. The Morgan fingerprint density at radius 2 is 1.69 bits per heavy atom. The quantitative estimate of drug-likeness (QED) is 0.759. The first-order valence-electron chi connectivity index (χ1n) is 5.61. The predicted molar refractivity (Wildman–Crippen MR) is 62.8 cm³/mol. The van der Waals surface area contributed by atoms with E-state index < -0.39 is 0 Å². The Hall–Kier alpha value is -1.83. The summed E-state index contributed by atoms with van der Waals surface area (Å²) in [5.41, 5.74) is 2.91. The van der Waals surface area contributed by atoms with Gasteiger partial charge in [-0.25, -0.2) is 0 Å². The molecule has 1 aromatic heterocycles. The zero-order valence-electron chi connectivity index (χ0n) is 9.02. The van der Waals surface area contributed by atoms with Gasteiger partial charge >= 0.3 is 0 Å². The fourth-order valence-corrected chi connectivity index (χ4v) is 2.15. The Morgan fingerprint density at radius 3 is 2.56 bits per heavy atom. The van der Waals surface area contributed by atoms with Gasteiger partial charge in [-0.15, -0.1) is 0 Å². The van der Waals surface area contributed by atoms with Crippen LogP contribution < -0.4 is 4.74 Å². The first-order valence-corrected chi connectivity index (χ1v) is 5.61. The fraction of sp³-hybridized carbons (Fsp3) is 0.214. The van der Waals surface area contributed by atoms with Crippen molar-refractivity contribution in [1.82, 2.24) is 4.98 Å². The molecule has 0 fully saturated rings. The lowest BCUT2D eigenvalue weighted by atomic mass is 10.1. The highest BCUT2D eigenvalue weighted by Gasteiger charge is 2.11. The van der Waals surface area contributed by atoms with Crippen LogP contribution in [-0.4, -0.2) is 4.98 Å². The molecule has 3 rings (SSSR count). The van der Waals surface area contributed by atoms with Gasteiger partial charge in [-0.2, -0.15) is 0 Å². The molecule has 0 radical (unpaired) electrons. The Balaban J connectivity index is 1.86. The average Bonchev–Trinajstić information content (AvgIpc) is 2.77. The van der Waals surface area contributed by atoms with E-state index in [1.165, 1.54) is 30.4 Å². The Labute approximate surface area is 94.9 Å². The van der Waals surface area contributed by atoms with Crippen LogP contribution in [0.4, 0.5) is 0 Å². The largest absolute Gasteiger partial charge is 0.457 e. The topological polar surface area (TPSA) is 22.1 Å². The van der Waals surface area contributed by atoms with E-state index in [-0.39, 0.29) is 0 Å². The number of benzene rings is 1. The molecule has 0 aliphatic heterocycles. The fourth-order valence-electron chi connectivity index (χ4n) is 2.15. The van der Waals surface area contributed by atoms with Crippen molar-refractivity contribution in [2.24, 2.45) is 0 Å². The molecule has 1 heterocycles. The normalized spacial score (nSPS) is 13.5. The molecule has 0 atom stereocenters. The second-order valence-corrected chi connectivity index (χ2v) is 4.07. The molecule has 0 spiro atoms. The molecule has 0 unspecified atom stereocenters. The average molecular weight is 211 g/mol. The van der Waals surface area contributed by atoms with Crippen LogP contribution >= 0.6 is 0 Å². The second-order valence-electron chi connectivity index (χ2n) is 4.07. The van der Waals surface area contributed by atoms with Crippen LogP contribution in [0.1, 0.15) is 17.5 Å². The minimum absolute atomic E-state index is 0.841. The summed E-state index contributed by atoms with van der Waals surface area (Å²) in [5.74, 6) is 1.76. The minimum Gasteiger partial charge on any atom is -0.457 e. The second kappa shape index (κ2) is 3.97. The van der Waals surface area contributed by atoms with Gasteiger partial charge in [0.15, 0.2) is 0 Å². The van der Waals surface area contributed by atoms with Gasteiger partial charge < -0.3 is 4.74 Å². The highest BCUT2D eigenvalue weighted by molar-refractivity contribution is 5.40. The maximum atomic E-state index is 5.76. The molecular weight excluding hydrogens is 198 g/mol. The molecule has 1 aromatic carbocycles. The highest BCUT2D eigenvalue weighted by Crippen LogP contribution is 2.28. The van der Waals surface area contributed by atoms with Crippen molar-refractivity contribution in [3.05, 3.63) is 53.9 Å². The van der Waals surface area contributed by atoms with Crippen molar-refractivity contribution in [2.75, 3.05) is 0 Å². The lowest BCUT2D eigenvalue weighted by Gasteiger charge is -2.07. The van der Waals surface area contributed by atoms with E-state index in [9.17, 15) is 0 Å². The van der Waals surface area contributed by atoms with E-state index in [2.05, 4.69) is 17.1 Å². The molecule has 0 saturated carbocycles. The molecule has 2 aromatic rings. The molecular formula is C14H13NO. The zero-order chi connectivity index (χ0) is 10.8. The minimum atomic E-state index is 0.841. The number of rotatable bonds is 2. The van der Waals surface area contributed by atoms with Crippen LogP contribution in [0.15, 0.2) is 42.7 Å². The molecule has 0 N–H and O–H groups in total. The lowest BCUT2D eigenvalue weighted by Crippen LogP contribution is -1.87. The van der Waals surface area contributed by atoms with Crippen LogP contribution in [0.2, 0.25) is 0 Å². The Morgan fingerprint density at radius 1 is 0.875 bits per heavy atom. The maximum absolute atomic E-state index is 5.76. The van der Waals surface area contributed by atoms with Crippen LogP contribution in [0.3, 0.4) is 0 Å². The van der Waals surface area contributed by atoms with Crippen LogP contribution in [0, 0.1) is 0 Å². The third kappa shape index (κ3) is 1.78. The van der Waals surface area contributed by atoms with E-state index in [1.54, 1.807) is 12.4 Å². The first-order chi connectivity index (χ1) is 7.92. The van der Waals surface area contributed by atoms with Gasteiger partial charge in [-0.05, 0) is 54.7 Å². The number of fused-ring (bicyclic) bond motifs is 1. The van der Waals surface area contributed by atoms with Gasteiger partial charge in [0, 0.05) is 12.4 Å². The van der Waals surface area contributed by atoms with Gasteiger partial charge in [0.2, 0.25) is 0 Å². The third-order valence-corrected chi connectivity index (χ3v) is 2.96. The number of ether oxygens (including phenoxy) is 1. The van der Waals surface area contributed by atoms with E-state index in [0.29, 0.717) is 0 Å². The molecule has 0 amide bonds. The first kappa shape index (κ1) is 9.40. The van der Waals surface area contributed by atoms with Crippen molar-refractivity contribution in [3.63, 3.8) is 0 Å².